The number of aromatic nitrogens is 1. The highest BCUT2D eigenvalue weighted by Gasteiger charge is 2.12. The van der Waals surface area contributed by atoms with Crippen LogP contribution in [0.1, 0.15) is 36.0 Å². The standard InChI is InChI=1S/C16H22N2O2/c1-18-12-14(13-8-4-5-9-15(13)18)16(20)17-10-6-2-3-7-11-19/h4-5,8-9,12,19H,2-3,6-7,10-11H2,1H3,(H,17,20). The summed E-state index contributed by atoms with van der Waals surface area (Å²) in [6, 6.07) is 7.92. The number of aliphatic hydroxyl groups is 1. The molecule has 2 rings (SSSR count). The Hall–Kier alpha value is -1.81. The van der Waals surface area contributed by atoms with Crippen molar-refractivity contribution >= 4 is 16.8 Å². The van der Waals surface area contributed by atoms with Crippen LogP contribution >= 0.6 is 0 Å². The number of benzene rings is 1. The van der Waals surface area contributed by atoms with Crippen LogP contribution in [0.25, 0.3) is 10.9 Å². The average molecular weight is 274 g/mol. The summed E-state index contributed by atoms with van der Waals surface area (Å²) in [6.07, 6.45) is 5.73. The number of carbonyl (C=O) groups is 1. The smallest absolute Gasteiger partial charge is 0.253 e. The molecule has 4 nitrogen and oxygen atoms in total. The molecule has 0 radical (unpaired) electrons. The second-order valence-electron chi connectivity index (χ2n) is 5.06. The summed E-state index contributed by atoms with van der Waals surface area (Å²) in [6.45, 7) is 0.940. The molecule has 1 aromatic carbocycles. The minimum absolute atomic E-state index is 0.0102. The van der Waals surface area contributed by atoms with E-state index in [0.29, 0.717) is 6.54 Å². The molecule has 1 aromatic heterocycles. The molecule has 0 aliphatic carbocycles. The molecule has 0 saturated carbocycles. The van der Waals surface area contributed by atoms with Gasteiger partial charge in [-0.2, -0.15) is 0 Å². The maximum absolute atomic E-state index is 12.2. The Morgan fingerprint density at radius 3 is 2.75 bits per heavy atom. The van der Waals surface area contributed by atoms with E-state index in [2.05, 4.69) is 5.32 Å². The fraction of sp³-hybridized carbons (Fsp3) is 0.438. The molecule has 108 valence electrons. The number of nitrogens with one attached hydrogen (secondary N) is 1. The minimum atomic E-state index is -0.0102. The molecular formula is C16H22N2O2. The predicted molar refractivity (Wildman–Crippen MR) is 80.8 cm³/mol. The van der Waals surface area contributed by atoms with Gasteiger partial charge in [0.25, 0.3) is 5.91 Å². The number of aryl methyl sites for hydroxylation is 1. The molecule has 0 aliphatic rings. The number of hydrogen-bond donors (Lipinski definition) is 2. The van der Waals surface area contributed by atoms with Gasteiger partial charge in [0.1, 0.15) is 0 Å². The van der Waals surface area contributed by atoms with E-state index in [4.69, 9.17) is 5.11 Å². The first-order valence-corrected chi connectivity index (χ1v) is 7.17. The summed E-state index contributed by atoms with van der Waals surface area (Å²) in [5, 5.41) is 12.7. The van der Waals surface area contributed by atoms with Crippen molar-refractivity contribution in [1.29, 1.82) is 0 Å². The van der Waals surface area contributed by atoms with Gasteiger partial charge < -0.3 is 15.0 Å². The van der Waals surface area contributed by atoms with Crippen molar-refractivity contribution in [2.24, 2.45) is 7.05 Å². The van der Waals surface area contributed by atoms with Gasteiger partial charge in [0.05, 0.1) is 5.56 Å². The van der Waals surface area contributed by atoms with Gasteiger partial charge >= 0.3 is 0 Å². The molecule has 2 N–H and O–H groups in total. The Balaban J connectivity index is 1.91. The normalized spacial score (nSPS) is 10.9. The van der Waals surface area contributed by atoms with Crippen LogP contribution in [0.5, 0.6) is 0 Å². The monoisotopic (exact) mass is 274 g/mol. The number of aliphatic hydroxyl groups excluding tert-OH is 1. The quantitative estimate of drug-likeness (QED) is 0.762. The number of nitrogens with zero attached hydrogens (tertiary/aromatic N) is 1. The Kier molecular flexibility index (Phi) is 5.18. The highest BCUT2D eigenvalue weighted by molar-refractivity contribution is 6.06. The predicted octanol–water partition coefficient (Wildman–Crippen LogP) is 2.46. The van der Waals surface area contributed by atoms with E-state index in [1.165, 1.54) is 0 Å². The zero-order valence-corrected chi connectivity index (χ0v) is 11.9. The van der Waals surface area contributed by atoms with Crippen LogP contribution in [0, 0.1) is 0 Å². The minimum Gasteiger partial charge on any atom is -0.396 e. The zero-order valence-electron chi connectivity index (χ0n) is 11.9. The number of carbonyl (C=O) groups excluding carboxylic acids is 1. The lowest BCUT2D eigenvalue weighted by atomic mass is 10.1. The van der Waals surface area contributed by atoms with E-state index >= 15 is 0 Å². The lowest BCUT2D eigenvalue weighted by Gasteiger charge is -2.04. The molecule has 0 spiro atoms. The SMILES string of the molecule is Cn1cc(C(=O)NCCCCCCO)c2ccccc21. The summed E-state index contributed by atoms with van der Waals surface area (Å²) in [5.41, 5.74) is 1.80. The number of hydrogen-bond acceptors (Lipinski definition) is 2. The second-order valence-corrected chi connectivity index (χ2v) is 5.06. The van der Waals surface area contributed by atoms with E-state index in [0.717, 1.165) is 42.1 Å². The summed E-state index contributed by atoms with van der Waals surface area (Å²) < 4.78 is 1.98. The number of rotatable bonds is 7. The van der Waals surface area contributed by atoms with Gasteiger partial charge in [-0.1, -0.05) is 31.0 Å². The molecule has 0 fully saturated rings. The molecule has 2 aromatic rings. The topological polar surface area (TPSA) is 54.3 Å². The molecule has 0 unspecified atom stereocenters. The van der Waals surface area contributed by atoms with E-state index in [1.54, 1.807) is 0 Å². The van der Waals surface area contributed by atoms with Crippen molar-refractivity contribution in [3.8, 4) is 0 Å². The summed E-state index contributed by atoms with van der Waals surface area (Å²) in [7, 11) is 1.95. The van der Waals surface area contributed by atoms with Gasteiger partial charge in [0.15, 0.2) is 0 Å². The van der Waals surface area contributed by atoms with Gasteiger partial charge in [0.2, 0.25) is 0 Å². The molecule has 1 heterocycles. The van der Waals surface area contributed by atoms with E-state index in [-0.39, 0.29) is 12.5 Å². The van der Waals surface area contributed by atoms with Crippen molar-refractivity contribution in [2.75, 3.05) is 13.2 Å². The first-order chi connectivity index (χ1) is 9.74. The Morgan fingerprint density at radius 2 is 1.95 bits per heavy atom. The molecule has 0 aliphatic heterocycles. The maximum atomic E-state index is 12.2. The first kappa shape index (κ1) is 14.6. The van der Waals surface area contributed by atoms with Crippen LogP contribution in [0.2, 0.25) is 0 Å². The molecule has 0 saturated heterocycles. The molecule has 0 atom stereocenters. The Labute approximate surface area is 119 Å². The number of fused-ring (bicyclic) bond motifs is 1. The second kappa shape index (κ2) is 7.10. The summed E-state index contributed by atoms with van der Waals surface area (Å²) >= 11 is 0. The van der Waals surface area contributed by atoms with Crippen molar-refractivity contribution < 1.29 is 9.90 Å². The van der Waals surface area contributed by atoms with Crippen molar-refractivity contribution in [2.45, 2.75) is 25.7 Å². The molecule has 1 amide bonds. The van der Waals surface area contributed by atoms with Gasteiger partial charge in [-0.3, -0.25) is 4.79 Å². The average Bonchev–Trinajstić information content (AvgIpc) is 2.80. The van der Waals surface area contributed by atoms with Crippen molar-refractivity contribution in [1.82, 2.24) is 9.88 Å². The van der Waals surface area contributed by atoms with Crippen LogP contribution in [0.4, 0.5) is 0 Å². The largest absolute Gasteiger partial charge is 0.396 e. The summed E-state index contributed by atoms with van der Waals surface area (Å²) in [4.78, 5) is 12.2. The van der Waals surface area contributed by atoms with Crippen molar-refractivity contribution in [3.05, 3.63) is 36.0 Å². The highest BCUT2D eigenvalue weighted by Crippen LogP contribution is 2.19. The molecular weight excluding hydrogens is 252 g/mol. The third-order valence-corrected chi connectivity index (χ3v) is 3.51. The number of unbranched alkanes of at least 4 members (excludes halogenated alkanes) is 3. The fourth-order valence-corrected chi connectivity index (χ4v) is 2.41. The molecule has 0 bridgehead atoms. The van der Waals surface area contributed by atoms with E-state index in [1.807, 2.05) is 42.1 Å². The van der Waals surface area contributed by atoms with Gasteiger partial charge in [-0.25, -0.2) is 0 Å². The van der Waals surface area contributed by atoms with Crippen LogP contribution in [0.3, 0.4) is 0 Å². The third-order valence-electron chi connectivity index (χ3n) is 3.51. The van der Waals surface area contributed by atoms with E-state index in [9.17, 15) is 4.79 Å². The van der Waals surface area contributed by atoms with Gasteiger partial charge in [0, 0.05) is 37.3 Å². The van der Waals surface area contributed by atoms with Gasteiger partial charge in [-0.05, 0) is 18.9 Å². The summed E-state index contributed by atoms with van der Waals surface area (Å²) in [5.74, 6) is -0.0102. The molecule has 20 heavy (non-hydrogen) atoms. The lowest BCUT2D eigenvalue weighted by molar-refractivity contribution is 0.0954. The lowest BCUT2D eigenvalue weighted by Crippen LogP contribution is -2.24. The van der Waals surface area contributed by atoms with Crippen molar-refractivity contribution in [3.63, 3.8) is 0 Å². The Bertz CT molecular complexity index is 575. The maximum Gasteiger partial charge on any atom is 0.253 e. The molecule has 4 heteroatoms. The third kappa shape index (κ3) is 3.39. The fourth-order valence-electron chi connectivity index (χ4n) is 2.41. The Morgan fingerprint density at radius 1 is 1.20 bits per heavy atom. The number of para-hydroxylation sites is 1. The van der Waals surface area contributed by atoms with Crippen LogP contribution in [-0.2, 0) is 7.05 Å². The van der Waals surface area contributed by atoms with Crippen LogP contribution < -0.4 is 5.32 Å². The number of amides is 1. The van der Waals surface area contributed by atoms with E-state index < -0.39 is 0 Å². The first-order valence-electron chi connectivity index (χ1n) is 7.17. The zero-order chi connectivity index (χ0) is 14.4. The van der Waals surface area contributed by atoms with Crippen LogP contribution in [0.15, 0.2) is 30.5 Å². The van der Waals surface area contributed by atoms with Crippen LogP contribution in [-0.4, -0.2) is 28.7 Å². The highest BCUT2D eigenvalue weighted by atomic mass is 16.2. The van der Waals surface area contributed by atoms with Gasteiger partial charge in [-0.15, -0.1) is 0 Å².